The molecular formula is C14H31N. The Kier molecular flexibility index (Phi) is 7.25. The molecule has 1 heteroatoms. The van der Waals surface area contributed by atoms with Crippen molar-refractivity contribution in [3.05, 3.63) is 0 Å². The largest absolute Gasteiger partial charge is 0.312 e. The molecule has 0 aliphatic carbocycles. The summed E-state index contributed by atoms with van der Waals surface area (Å²) in [6, 6.07) is 0. The first-order valence-corrected chi connectivity index (χ1v) is 6.64. The van der Waals surface area contributed by atoms with Crippen molar-refractivity contribution in [2.75, 3.05) is 6.54 Å². The lowest BCUT2D eigenvalue weighted by Crippen LogP contribution is -2.39. The minimum atomic E-state index is 0.265. The van der Waals surface area contributed by atoms with E-state index in [0.29, 0.717) is 0 Å². The van der Waals surface area contributed by atoms with Gasteiger partial charge in [-0.2, -0.15) is 0 Å². The van der Waals surface area contributed by atoms with Crippen molar-refractivity contribution >= 4 is 0 Å². The van der Waals surface area contributed by atoms with Crippen molar-refractivity contribution in [1.29, 1.82) is 0 Å². The third kappa shape index (κ3) is 8.92. The number of nitrogens with one attached hydrogen (secondary N) is 1. The van der Waals surface area contributed by atoms with Gasteiger partial charge in [0.1, 0.15) is 0 Å². The molecule has 0 aromatic heterocycles. The van der Waals surface area contributed by atoms with Crippen LogP contribution in [-0.4, -0.2) is 12.1 Å². The predicted octanol–water partition coefficient (Wildman–Crippen LogP) is 4.23. The second kappa shape index (κ2) is 7.27. The number of hydrogen-bond acceptors (Lipinski definition) is 1. The lowest BCUT2D eigenvalue weighted by molar-refractivity contribution is 0.307. The maximum absolute atomic E-state index is 3.64. The van der Waals surface area contributed by atoms with E-state index < -0.39 is 0 Å². The molecule has 0 aromatic rings. The summed E-state index contributed by atoms with van der Waals surface area (Å²) in [7, 11) is 0. The molecule has 0 bridgehead atoms. The van der Waals surface area contributed by atoms with Crippen LogP contribution in [0.25, 0.3) is 0 Å². The molecule has 0 heterocycles. The van der Waals surface area contributed by atoms with Gasteiger partial charge in [-0.05, 0) is 52.0 Å². The Labute approximate surface area is 97.0 Å². The minimum absolute atomic E-state index is 0.265. The van der Waals surface area contributed by atoms with Crippen LogP contribution in [0.3, 0.4) is 0 Å². The van der Waals surface area contributed by atoms with Gasteiger partial charge in [-0.3, -0.25) is 0 Å². The van der Waals surface area contributed by atoms with Crippen molar-refractivity contribution < 1.29 is 0 Å². The summed E-state index contributed by atoms with van der Waals surface area (Å²) in [6.07, 6.45) is 5.38. The predicted molar refractivity (Wildman–Crippen MR) is 70.2 cm³/mol. The second-order valence-electron chi connectivity index (χ2n) is 6.03. The monoisotopic (exact) mass is 213 g/mol. The van der Waals surface area contributed by atoms with E-state index in [4.69, 9.17) is 0 Å². The standard InChI is InChI=1S/C14H31N/c1-7-9-13(10-12(3)8-2)11-15-14(4,5)6/h12-13,15H,7-11H2,1-6H3. The maximum Gasteiger partial charge on any atom is 0.00966 e. The average Bonchev–Trinajstić information content (AvgIpc) is 2.13. The summed E-state index contributed by atoms with van der Waals surface area (Å²) in [5, 5.41) is 3.64. The van der Waals surface area contributed by atoms with E-state index in [1.807, 2.05) is 0 Å². The third-order valence-corrected chi connectivity index (χ3v) is 3.05. The first kappa shape index (κ1) is 15.0. The van der Waals surface area contributed by atoms with E-state index in [0.717, 1.165) is 11.8 Å². The number of rotatable bonds is 7. The summed E-state index contributed by atoms with van der Waals surface area (Å²) in [5.41, 5.74) is 0.265. The zero-order valence-corrected chi connectivity index (χ0v) is 11.7. The molecule has 2 unspecified atom stereocenters. The van der Waals surface area contributed by atoms with Crippen molar-refractivity contribution in [3.8, 4) is 0 Å². The average molecular weight is 213 g/mol. The summed E-state index contributed by atoms with van der Waals surface area (Å²) in [5.74, 6) is 1.74. The van der Waals surface area contributed by atoms with Crippen LogP contribution in [-0.2, 0) is 0 Å². The van der Waals surface area contributed by atoms with Crippen LogP contribution in [0.1, 0.15) is 67.2 Å². The molecule has 15 heavy (non-hydrogen) atoms. The van der Waals surface area contributed by atoms with Gasteiger partial charge in [0.2, 0.25) is 0 Å². The molecule has 0 aliphatic rings. The Morgan fingerprint density at radius 1 is 1.13 bits per heavy atom. The molecule has 0 spiro atoms. The van der Waals surface area contributed by atoms with Gasteiger partial charge < -0.3 is 5.32 Å². The normalized spacial score (nSPS) is 16.4. The molecule has 92 valence electrons. The lowest BCUT2D eigenvalue weighted by Gasteiger charge is -2.26. The molecular weight excluding hydrogens is 182 g/mol. The lowest BCUT2D eigenvalue weighted by atomic mass is 9.90. The van der Waals surface area contributed by atoms with Gasteiger partial charge in [-0.1, -0.05) is 33.6 Å². The highest BCUT2D eigenvalue weighted by atomic mass is 14.9. The summed E-state index contributed by atoms with van der Waals surface area (Å²) in [4.78, 5) is 0. The Morgan fingerprint density at radius 3 is 2.13 bits per heavy atom. The van der Waals surface area contributed by atoms with Gasteiger partial charge >= 0.3 is 0 Å². The minimum Gasteiger partial charge on any atom is -0.312 e. The molecule has 0 radical (unpaired) electrons. The highest BCUT2D eigenvalue weighted by Crippen LogP contribution is 2.19. The fraction of sp³-hybridized carbons (Fsp3) is 1.00. The van der Waals surface area contributed by atoms with Crippen molar-refractivity contribution in [3.63, 3.8) is 0 Å². The second-order valence-corrected chi connectivity index (χ2v) is 6.03. The van der Waals surface area contributed by atoms with Crippen LogP contribution < -0.4 is 5.32 Å². The molecule has 0 rings (SSSR count). The molecule has 0 saturated carbocycles. The summed E-state index contributed by atoms with van der Waals surface area (Å²) >= 11 is 0. The molecule has 0 aromatic carbocycles. The zero-order valence-electron chi connectivity index (χ0n) is 11.7. The van der Waals surface area contributed by atoms with Crippen LogP contribution in [0, 0.1) is 11.8 Å². The van der Waals surface area contributed by atoms with Crippen molar-refractivity contribution in [2.24, 2.45) is 11.8 Å². The highest BCUT2D eigenvalue weighted by molar-refractivity contribution is 4.74. The summed E-state index contributed by atoms with van der Waals surface area (Å²) < 4.78 is 0. The van der Waals surface area contributed by atoms with Crippen LogP contribution in [0.2, 0.25) is 0 Å². The van der Waals surface area contributed by atoms with Crippen LogP contribution >= 0.6 is 0 Å². The van der Waals surface area contributed by atoms with Gasteiger partial charge in [0, 0.05) is 5.54 Å². The zero-order chi connectivity index (χ0) is 11.9. The number of hydrogen-bond donors (Lipinski definition) is 1. The van der Waals surface area contributed by atoms with Crippen LogP contribution in [0.4, 0.5) is 0 Å². The van der Waals surface area contributed by atoms with E-state index in [1.165, 1.54) is 32.2 Å². The molecule has 0 fully saturated rings. The van der Waals surface area contributed by atoms with E-state index >= 15 is 0 Å². The third-order valence-electron chi connectivity index (χ3n) is 3.05. The Morgan fingerprint density at radius 2 is 1.73 bits per heavy atom. The SMILES string of the molecule is CCCC(CNC(C)(C)C)CC(C)CC. The first-order valence-electron chi connectivity index (χ1n) is 6.64. The Balaban J connectivity index is 3.93. The fourth-order valence-electron chi connectivity index (χ4n) is 1.90. The van der Waals surface area contributed by atoms with E-state index in [2.05, 4.69) is 46.9 Å². The van der Waals surface area contributed by atoms with E-state index in [9.17, 15) is 0 Å². The van der Waals surface area contributed by atoms with Crippen LogP contribution in [0.15, 0.2) is 0 Å². The van der Waals surface area contributed by atoms with E-state index in [-0.39, 0.29) is 5.54 Å². The van der Waals surface area contributed by atoms with Crippen molar-refractivity contribution in [2.45, 2.75) is 72.8 Å². The van der Waals surface area contributed by atoms with E-state index in [1.54, 1.807) is 0 Å². The van der Waals surface area contributed by atoms with Crippen LogP contribution in [0.5, 0.6) is 0 Å². The Bertz CT molecular complexity index is 146. The molecule has 1 N–H and O–H groups in total. The van der Waals surface area contributed by atoms with Gasteiger partial charge in [0.05, 0.1) is 0 Å². The molecule has 0 amide bonds. The first-order chi connectivity index (χ1) is 6.89. The topological polar surface area (TPSA) is 12.0 Å². The smallest absolute Gasteiger partial charge is 0.00966 e. The fourth-order valence-corrected chi connectivity index (χ4v) is 1.90. The van der Waals surface area contributed by atoms with Gasteiger partial charge in [-0.15, -0.1) is 0 Å². The maximum atomic E-state index is 3.64. The van der Waals surface area contributed by atoms with Crippen molar-refractivity contribution in [1.82, 2.24) is 5.32 Å². The highest BCUT2D eigenvalue weighted by Gasteiger charge is 2.15. The molecule has 0 saturated heterocycles. The quantitative estimate of drug-likeness (QED) is 0.667. The van der Waals surface area contributed by atoms with Gasteiger partial charge in [-0.25, -0.2) is 0 Å². The Hall–Kier alpha value is -0.0400. The molecule has 1 nitrogen and oxygen atoms in total. The van der Waals surface area contributed by atoms with Gasteiger partial charge in [0.25, 0.3) is 0 Å². The van der Waals surface area contributed by atoms with Gasteiger partial charge in [0.15, 0.2) is 0 Å². The molecule has 2 atom stereocenters. The molecule has 0 aliphatic heterocycles. The summed E-state index contributed by atoms with van der Waals surface area (Å²) in [6.45, 7) is 14.9.